The maximum absolute atomic E-state index is 2.56. The Morgan fingerprint density at radius 3 is 2.35 bits per heavy atom. The Balaban J connectivity index is 1.61. The lowest BCUT2D eigenvalue weighted by molar-refractivity contribution is -0.725. The Hall–Kier alpha value is -3.39. The number of aryl methyl sites for hydroxylation is 1. The molecule has 2 aromatic heterocycles. The molecule has 0 N–H and O–H groups in total. The van der Waals surface area contributed by atoms with E-state index >= 15 is 0 Å². The van der Waals surface area contributed by atoms with Crippen LogP contribution in [-0.2, 0) is 11.8 Å². The van der Waals surface area contributed by atoms with Crippen molar-refractivity contribution in [3.8, 4) is 16.9 Å². The molecule has 0 fully saturated rings. The van der Waals surface area contributed by atoms with Crippen molar-refractivity contribution in [2.45, 2.75) is 77.7 Å². The lowest BCUT2D eigenvalue weighted by Crippen LogP contribution is -2.55. The van der Waals surface area contributed by atoms with Crippen molar-refractivity contribution in [2.75, 3.05) is 0 Å². The maximum atomic E-state index is 2.56. The molecule has 0 saturated heterocycles. The average Bonchev–Trinajstić information content (AvgIpc) is 3.28. The van der Waals surface area contributed by atoms with E-state index < -0.39 is 0 Å². The Labute approximate surface area is 221 Å². The van der Waals surface area contributed by atoms with Crippen molar-refractivity contribution < 1.29 is 4.57 Å². The summed E-state index contributed by atoms with van der Waals surface area (Å²) < 4.78 is 5.04. The van der Waals surface area contributed by atoms with Crippen LogP contribution in [0.3, 0.4) is 0 Å². The highest BCUT2D eigenvalue weighted by atomic mass is 15.0. The first-order valence-electron chi connectivity index (χ1n) is 14.3. The number of unbranched alkanes of at least 4 members (excludes halogenated alkanes) is 1. The van der Waals surface area contributed by atoms with Crippen LogP contribution in [0, 0.1) is 0 Å². The average molecular weight is 488 g/mol. The summed E-state index contributed by atoms with van der Waals surface area (Å²) in [5.41, 5.74) is 9.65. The van der Waals surface area contributed by atoms with E-state index in [2.05, 4.69) is 122 Å². The zero-order valence-corrected chi connectivity index (χ0v) is 22.8. The highest BCUT2D eigenvalue weighted by Crippen LogP contribution is 2.49. The van der Waals surface area contributed by atoms with E-state index in [-0.39, 0.29) is 5.41 Å². The summed E-state index contributed by atoms with van der Waals surface area (Å²) in [6, 6.07) is 30.5. The van der Waals surface area contributed by atoms with Gasteiger partial charge in [0.05, 0.1) is 22.0 Å². The van der Waals surface area contributed by atoms with Gasteiger partial charge in [-0.05, 0) is 73.2 Å². The third-order valence-electron chi connectivity index (χ3n) is 9.14. The molecule has 0 amide bonds. The van der Waals surface area contributed by atoms with Crippen LogP contribution in [0.1, 0.15) is 77.0 Å². The van der Waals surface area contributed by atoms with Crippen LogP contribution in [0.5, 0.6) is 0 Å². The van der Waals surface area contributed by atoms with E-state index in [1.807, 2.05) is 0 Å². The van der Waals surface area contributed by atoms with Crippen molar-refractivity contribution in [3.63, 3.8) is 0 Å². The Morgan fingerprint density at radius 2 is 1.57 bits per heavy atom. The first-order chi connectivity index (χ1) is 18.2. The molecule has 5 aromatic rings. The summed E-state index contributed by atoms with van der Waals surface area (Å²) in [5.74, 6) is 0. The predicted molar refractivity (Wildman–Crippen MR) is 157 cm³/mol. The van der Waals surface area contributed by atoms with Gasteiger partial charge in [-0.15, -0.1) is 0 Å². The standard InChI is InChI=1S/C35H39N2/c1-5-9-14-25-18-21-33-28(23-25)27-15-10-11-17-32(27)37(33)26-19-20-30-29(24-26)31-16-12-13-22-36(31)34(6-2)35(30,7-3)8-4/h10-13,15-24,34H,5-9,14H2,1-4H3/q+1. The van der Waals surface area contributed by atoms with Gasteiger partial charge in [0.1, 0.15) is 0 Å². The lowest BCUT2D eigenvalue weighted by atomic mass is 9.65. The van der Waals surface area contributed by atoms with Crippen molar-refractivity contribution in [1.29, 1.82) is 0 Å². The highest BCUT2D eigenvalue weighted by molar-refractivity contribution is 6.09. The molecule has 1 aliphatic heterocycles. The SMILES string of the molecule is CCCCc1ccc2c(c1)c1ccccc1n2-c1ccc2c(c1)-c1cccc[n+]1C(CC)C2(CC)CC. The first-order valence-corrected chi connectivity index (χ1v) is 14.3. The van der Waals surface area contributed by atoms with Gasteiger partial charge < -0.3 is 4.57 Å². The van der Waals surface area contributed by atoms with Crippen LogP contribution in [0.4, 0.5) is 0 Å². The van der Waals surface area contributed by atoms with Crippen molar-refractivity contribution in [2.24, 2.45) is 0 Å². The van der Waals surface area contributed by atoms with E-state index in [1.165, 1.54) is 62.7 Å². The number of hydrogen-bond acceptors (Lipinski definition) is 0. The Morgan fingerprint density at radius 1 is 0.784 bits per heavy atom. The zero-order valence-electron chi connectivity index (χ0n) is 22.8. The summed E-state index contributed by atoms with van der Waals surface area (Å²) in [4.78, 5) is 0. The molecule has 0 bridgehead atoms. The summed E-state index contributed by atoms with van der Waals surface area (Å²) in [6.45, 7) is 9.37. The van der Waals surface area contributed by atoms with Crippen LogP contribution in [0.25, 0.3) is 38.8 Å². The summed E-state index contributed by atoms with van der Waals surface area (Å²) >= 11 is 0. The normalized spacial score (nSPS) is 16.2. The quantitative estimate of drug-likeness (QED) is 0.202. The fraction of sp³-hybridized carbons (Fsp3) is 0.343. The molecule has 3 heterocycles. The second-order valence-electron chi connectivity index (χ2n) is 10.8. The maximum Gasteiger partial charge on any atom is 0.213 e. The molecule has 0 spiro atoms. The molecule has 0 saturated carbocycles. The van der Waals surface area contributed by atoms with Gasteiger partial charge in [-0.25, -0.2) is 0 Å². The molecule has 6 rings (SSSR count). The molecule has 0 aliphatic carbocycles. The minimum atomic E-state index is 0.149. The molecule has 0 radical (unpaired) electrons. The van der Waals surface area contributed by atoms with Crippen LogP contribution in [0.15, 0.2) is 85.1 Å². The zero-order chi connectivity index (χ0) is 25.6. The second-order valence-corrected chi connectivity index (χ2v) is 10.8. The molecular formula is C35H39N2+. The van der Waals surface area contributed by atoms with Gasteiger partial charge in [0, 0.05) is 35.0 Å². The van der Waals surface area contributed by atoms with E-state index in [9.17, 15) is 0 Å². The van der Waals surface area contributed by atoms with E-state index in [1.54, 1.807) is 0 Å². The molecule has 1 unspecified atom stereocenters. The van der Waals surface area contributed by atoms with Crippen LogP contribution in [0.2, 0.25) is 0 Å². The van der Waals surface area contributed by atoms with Crippen molar-refractivity contribution in [3.05, 3.63) is 96.2 Å². The number of fused-ring (bicyclic) bond motifs is 6. The van der Waals surface area contributed by atoms with Gasteiger partial charge in [0.2, 0.25) is 5.69 Å². The Bertz CT molecular complexity index is 1580. The third-order valence-corrected chi connectivity index (χ3v) is 9.14. The molecule has 37 heavy (non-hydrogen) atoms. The fourth-order valence-electron chi connectivity index (χ4n) is 7.24. The van der Waals surface area contributed by atoms with Gasteiger partial charge in [0.15, 0.2) is 12.2 Å². The summed E-state index contributed by atoms with van der Waals surface area (Å²) in [5, 5.41) is 2.70. The second kappa shape index (κ2) is 9.49. The van der Waals surface area contributed by atoms with Crippen LogP contribution < -0.4 is 4.57 Å². The topological polar surface area (TPSA) is 8.81 Å². The largest absolute Gasteiger partial charge is 0.309 e. The number of hydrogen-bond donors (Lipinski definition) is 0. The monoisotopic (exact) mass is 487 g/mol. The number of nitrogens with zero attached hydrogens (tertiary/aromatic N) is 2. The number of para-hydroxylation sites is 1. The summed E-state index contributed by atoms with van der Waals surface area (Å²) in [7, 11) is 0. The minimum absolute atomic E-state index is 0.149. The summed E-state index contributed by atoms with van der Waals surface area (Å²) in [6.07, 6.45) is 9.34. The molecule has 3 aromatic carbocycles. The molecular weight excluding hydrogens is 448 g/mol. The molecule has 1 atom stereocenters. The lowest BCUT2D eigenvalue weighted by Gasteiger charge is -2.41. The fourth-order valence-corrected chi connectivity index (χ4v) is 7.24. The van der Waals surface area contributed by atoms with Crippen LogP contribution in [-0.4, -0.2) is 4.57 Å². The van der Waals surface area contributed by atoms with Crippen molar-refractivity contribution in [1.82, 2.24) is 4.57 Å². The first kappa shape index (κ1) is 24.0. The smallest absolute Gasteiger partial charge is 0.213 e. The molecule has 2 heteroatoms. The Kier molecular flexibility index (Phi) is 6.15. The number of rotatable bonds is 7. The molecule has 2 nitrogen and oxygen atoms in total. The van der Waals surface area contributed by atoms with Crippen LogP contribution >= 0.6 is 0 Å². The van der Waals surface area contributed by atoms with Gasteiger partial charge in [-0.2, -0.15) is 4.57 Å². The predicted octanol–water partition coefficient (Wildman–Crippen LogP) is 9.10. The van der Waals surface area contributed by atoms with Gasteiger partial charge in [-0.3, -0.25) is 0 Å². The number of benzene rings is 3. The van der Waals surface area contributed by atoms with E-state index in [0.717, 1.165) is 25.7 Å². The van der Waals surface area contributed by atoms with E-state index in [0.29, 0.717) is 6.04 Å². The van der Waals surface area contributed by atoms with Crippen molar-refractivity contribution >= 4 is 21.8 Å². The number of pyridine rings is 1. The van der Waals surface area contributed by atoms with E-state index in [4.69, 9.17) is 0 Å². The highest BCUT2D eigenvalue weighted by Gasteiger charge is 2.49. The van der Waals surface area contributed by atoms with Gasteiger partial charge >= 0.3 is 0 Å². The van der Waals surface area contributed by atoms with Gasteiger partial charge in [0.25, 0.3) is 0 Å². The molecule has 188 valence electrons. The third kappa shape index (κ3) is 3.56. The van der Waals surface area contributed by atoms with Gasteiger partial charge in [-0.1, -0.05) is 64.4 Å². The number of aromatic nitrogens is 2. The minimum Gasteiger partial charge on any atom is -0.309 e. The molecule has 1 aliphatic rings.